The minimum absolute atomic E-state index is 0.161. The molecule has 1 aromatic rings. The van der Waals surface area contributed by atoms with Gasteiger partial charge in [-0.1, -0.05) is 0 Å². The highest BCUT2D eigenvalue weighted by atomic mass is 32.1. The van der Waals surface area contributed by atoms with Gasteiger partial charge >= 0.3 is 12.1 Å². The van der Waals surface area contributed by atoms with Gasteiger partial charge in [-0.25, -0.2) is 4.79 Å². The molecule has 3 aliphatic heterocycles. The van der Waals surface area contributed by atoms with Crippen molar-refractivity contribution in [2.75, 3.05) is 26.2 Å². The van der Waals surface area contributed by atoms with E-state index in [1.54, 1.807) is 0 Å². The summed E-state index contributed by atoms with van der Waals surface area (Å²) in [4.78, 5) is 28.2. The molecule has 0 aromatic carbocycles. The van der Waals surface area contributed by atoms with Gasteiger partial charge in [0, 0.05) is 48.4 Å². The second-order valence-corrected chi connectivity index (χ2v) is 9.11. The van der Waals surface area contributed by atoms with E-state index in [0.29, 0.717) is 24.3 Å². The minimum atomic E-state index is -5.08. The number of halogens is 3. The van der Waals surface area contributed by atoms with Gasteiger partial charge in [-0.3, -0.25) is 9.69 Å². The number of nitrogens with zero attached hydrogens (tertiary/aromatic N) is 2. The van der Waals surface area contributed by atoms with Crippen molar-refractivity contribution in [1.82, 2.24) is 9.80 Å². The van der Waals surface area contributed by atoms with Gasteiger partial charge in [0.1, 0.15) is 0 Å². The van der Waals surface area contributed by atoms with Crippen molar-refractivity contribution >= 4 is 23.2 Å². The van der Waals surface area contributed by atoms with Crippen molar-refractivity contribution in [3.63, 3.8) is 0 Å². The standard InChI is InChI=1S/C17H24N2O2S.C2HF3O2/c1-12-3-4-15(22-12)10-18-9-13-7-14(21-16(13)11-18)8-17(20)19-5-2-6-19;3-2(4,5)1(6)7/h3-4,13-14,16H,2,5-11H2,1H3;(H,6,7)/t13-,14-,16+;/m0./s1. The van der Waals surface area contributed by atoms with Gasteiger partial charge in [-0.05, 0) is 31.9 Å². The van der Waals surface area contributed by atoms with Crippen molar-refractivity contribution in [2.24, 2.45) is 5.92 Å². The van der Waals surface area contributed by atoms with E-state index < -0.39 is 12.1 Å². The van der Waals surface area contributed by atoms with Gasteiger partial charge in [0.2, 0.25) is 5.91 Å². The number of hydrogen-bond acceptors (Lipinski definition) is 5. The highest BCUT2D eigenvalue weighted by Crippen LogP contribution is 2.35. The topological polar surface area (TPSA) is 70.1 Å². The minimum Gasteiger partial charge on any atom is -0.475 e. The first-order chi connectivity index (χ1) is 13.6. The van der Waals surface area contributed by atoms with E-state index >= 15 is 0 Å². The number of ether oxygens (including phenoxy) is 1. The van der Waals surface area contributed by atoms with E-state index in [1.807, 2.05) is 16.2 Å². The predicted octanol–water partition coefficient (Wildman–Crippen LogP) is 2.90. The Balaban J connectivity index is 0.000000298. The molecule has 3 fully saturated rings. The second-order valence-electron chi connectivity index (χ2n) is 7.74. The molecule has 29 heavy (non-hydrogen) atoms. The lowest BCUT2D eigenvalue weighted by Gasteiger charge is -2.31. The van der Waals surface area contributed by atoms with Crippen molar-refractivity contribution in [3.8, 4) is 0 Å². The molecule has 4 heterocycles. The third kappa shape index (κ3) is 5.93. The molecular weight excluding hydrogens is 409 g/mol. The number of amides is 1. The molecule has 162 valence electrons. The molecule has 4 rings (SSSR count). The van der Waals surface area contributed by atoms with Crippen LogP contribution < -0.4 is 0 Å². The van der Waals surface area contributed by atoms with Gasteiger partial charge < -0.3 is 14.7 Å². The maximum absolute atomic E-state index is 12.0. The molecule has 0 radical (unpaired) electrons. The van der Waals surface area contributed by atoms with E-state index in [-0.39, 0.29) is 6.10 Å². The van der Waals surface area contributed by atoms with Crippen LogP contribution in [0.15, 0.2) is 12.1 Å². The number of aryl methyl sites for hydroxylation is 1. The number of rotatable bonds is 4. The molecule has 0 saturated carbocycles. The molecule has 1 N–H and O–H groups in total. The highest BCUT2D eigenvalue weighted by molar-refractivity contribution is 7.11. The zero-order valence-electron chi connectivity index (χ0n) is 16.2. The Morgan fingerprint density at radius 2 is 1.97 bits per heavy atom. The van der Waals surface area contributed by atoms with Crippen LogP contribution in [0.4, 0.5) is 13.2 Å². The van der Waals surface area contributed by atoms with Crippen LogP contribution in [-0.2, 0) is 20.9 Å². The Morgan fingerprint density at radius 1 is 1.28 bits per heavy atom. The first-order valence-electron chi connectivity index (χ1n) is 9.63. The van der Waals surface area contributed by atoms with E-state index in [9.17, 15) is 18.0 Å². The molecule has 3 aliphatic rings. The van der Waals surface area contributed by atoms with Crippen LogP contribution in [0, 0.1) is 12.8 Å². The zero-order valence-corrected chi connectivity index (χ0v) is 17.0. The second kappa shape index (κ2) is 9.01. The van der Waals surface area contributed by atoms with Crippen LogP contribution in [0.1, 0.15) is 29.0 Å². The molecule has 0 unspecified atom stereocenters. The zero-order chi connectivity index (χ0) is 21.2. The lowest BCUT2D eigenvalue weighted by atomic mass is 10.0. The van der Waals surface area contributed by atoms with Crippen molar-refractivity contribution in [1.29, 1.82) is 0 Å². The summed E-state index contributed by atoms with van der Waals surface area (Å²) in [5, 5.41) is 7.12. The molecule has 1 amide bonds. The Bertz CT molecular complexity index is 721. The summed E-state index contributed by atoms with van der Waals surface area (Å²) in [5.74, 6) is -1.84. The lowest BCUT2D eigenvalue weighted by molar-refractivity contribution is -0.192. The van der Waals surface area contributed by atoms with E-state index in [0.717, 1.165) is 39.1 Å². The number of aliphatic carboxylic acids is 1. The van der Waals surface area contributed by atoms with Crippen molar-refractivity contribution < 1.29 is 32.6 Å². The van der Waals surface area contributed by atoms with Crippen LogP contribution in [0.3, 0.4) is 0 Å². The smallest absolute Gasteiger partial charge is 0.475 e. The predicted molar refractivity (Wildman–Crippen MR) is 101 cm³/mol. The van der Waals surface area contributed by atoms with E-state index in [2.05, 4.69) is 24.0 Å². The lowest BCUT2D eigenvalue weighted by Crippen LogP contribution is -2.43. The maximum Gasteiger partial charge on any atom is 0.490 e. The van der Waals surface area contributed by atoms with Crippen LogP contribution in [-0.4, -0.2) is 71.3 Å². The third-order valence-corrected chi connectivity index (χ3v) is 6.40. The van der Waals surface area contributed by atoms with Crippen LogP contribution in [0.2, 0.25) is 0 Å². The SMILES string of the molecule is Cc1ccc(CN2C[C@@H]3C[C@@H](CC(=O)N4CCC4)O[C@@H]3C2)s1.O=C(O)C(F)(F)F. The van der Waals surface area contributed by atoms with Gasteiger partial charge in [-0.15, -0.1) is 11.3 Å². The largest absolute Gasteiger partial charge is 0.490 e. The normalized spacial score (nSPS) is 26.5. The molecule has 0 bridgehead atoms. The third-order valence-electron chi connectivity index (χ3n) is 5.42. The summed E-state index contributed by atoms with van der Waals surface area (Å²) < 4.78 is 37.9. The van der Waals surface area contributed by atoms with Crippen LogP contribution >= 0.6 is 11.3 Å². The Hall–Kier alpha value is -1.65. The summed E-state index contributed by atoms with van der Waals surface area (Å²) >= 11 is 1.89. The molecule has 10 heteroatoms. The van der Waals surface area contributed by atoms with Crippen LogP contribution in [0.25, 0.3) is 0 Å². The van der Waals surface area contributed by atoms with Gasteiger partial charge in [-0.2, -0.15) is 13.2 Å². The molecule has 0 aliphatic carbocycles. The summed E-state index contributed by atoms with van der Waals surface area (Å²) in [6, 6.07) is 4.44. The fraction of sp³-hybridized carbons (Fsp3) is 0.684. The fourth-order valence-corrected chi connectivity index (χ4v) is 4.82. The number of thiophene rings is 1. The number of carboxylic acid groups (broad SMARTS) is 1. The first kappa shape index (κ1) is 22.0. The molecule has 0 spiro atoms. The molecule has 3 saturated heterocycles. The van der Waals surface area contributed by atoms with Crippen LogP contribution in [0.5, 0.6) is 0 Å². The molecule has 6 nitrogen and oxygen atoms in total. The Morgan fingerprint density at radius 3 is 2.45 bits per heavy atom. The summed E-state index contributed by atoms with van der Waals surface area (Å²) in [6.07, 6.45) is -1.76. The average Bonchev–Trinajstić information content (AvgIpc) is 3.20. The number of carbonyl (C=O) groups is 2. The molecule has 1 aromatic heterocycles. The average molecular weight is 434 g/mol. The number of hydrogen-bond donors (Lipinski definition) is 1. The summed E-state index contributed by atoms with van der Waals surface area (Å²) in [7, 11) is 0. The number of fused-ring (bicyclic) bond motifs is 1. The van der Waals surface area contributed by atoms with Crippen molar-refractivity contribution in [2.45, 2.75) is 51.1 Å². The Labute approximate surface area is 171 Å². The Kier molecular flexibility index (Phi) is 6.85. The summed E-state index contributed by atoms with van der Waals surface area (Å²) in [5.41, 5.74) is 0. The van der Waals surface area contributed by atoms with Gasteiger partial charge in [0.15, 0.2) is 0 Å². The van der Waals surface area contributed by atoms with Crippen molar-refractivity contribution in [3.05, 3.63) is 21.9 Å². The first-order valence-corrected chi connectivity index (χ1v) is 10.4. The number of likely N-dealkylation sites (tertiary alicyclic amines) is 2. The highest BCUT2D eigenvalue weighted by Gasteiger charge is 2.43. The van der Waals surface area contributed by atoms with E-state index in [1.165, 1.54) is 16.2 Å². The number of carboxylic acids is 1. The monoisotopic (exact) mass is 434 g/mol. The van der Waals surface area contributed by atoms with Gasteiger partial charge in [0.05, 0.1) is 18.6 Å². The summed E-state index contributed by atoms with van der Waals surface area (Å²) in [6.45, 7) is 7.26. The van der Waals surface area contributed by atoms with E-state index in [4.69, 9.17) is 14.6 Å². The number of alkyl halides is 3. The number of carbonyl (C=O) groups excluding carboxylic acids is 1. The maximum atomic E-state index is 12.0. The molecular formula is C19H25F3N2O4S. The fourth-order valence-electron chi connectivity index (χ4n) is 3.89. The van der Waals surface area contributed by atoms with Gasteiger partial charge in [0.25, 0.3) is 0 Å². The quantitative estimate of drug-likeness (QED) is 0.789. The molecule has 3 atom stereocenters.